The van der Waals surface area contributed by atoms with E-state index in [1.807, 2.05) is 24.3 Å². The molecule has 2 aromatic rings. The van der Waals surface area contributed by atoms with E-state index in [4.69, 9.17) is 10.5 Å². The van der Waals surface area contributed by atoms with E-state index < -0.39 is 22.0 Å². The molecule has 8 nitrogen and oxygen atoms in total. The van der Waals surface area contributed by atoms with Crippen LogP contribution >= 0.6 is 0 Å². The Balaban J connectivity index is 2.03. The molecule has 0 aliphatic carbocycles. The summed E-state index contributed by atoms with van der Waals surface area (Å²) in [6, 6.07) is 10.5. The topological polar surface area (TPSA) is 119 Å². The van der Waals surface area contributed by atoms with E-state index in [0.717, 1.165) is 15.4 Å². The van der Waals surface area contributed by atoms with E-state index >= 15 is 0 Å². The molecule has 0 saturated carbocycles. The fourth-order valence-corrected chi connectivity index (χ4v) is 4.84. The minimum absolute atomic E-state index is 0.0435. The molecule has 28 heavy (non-hydrogen) atoms. The third kappa shape index (κ3) is 3.71. The number of carbonyl (C=O) groups excluding carboxylic acids is 2. The molecular weight excluding hydrogens is 382 g/mol. The van der Waals surface area contributed by atoms with Crippen molar-refractivity contribution in [3.8, 4) is 5.75 Å². The predicted molar refractivity (Wildman–Crippen MR) is 103 cm³/mol. The zero-order valence-corrected chi connectivity index (χ0v) is 16.3. The molecule has 1 aliphatic heterocycles. The molecule has 1 atom stereocenters. The van der Waals surface area contributed by atoms with Crippen molar-refractivity contribution in [1.29, 1.82) is 0 Å². The van der Waals surface area contributed by atoms with Gasteiger partial charge < -0.3 is 15.8 Å². The number of rotatable bonds is 5. The summed E-state index contributed by atoms with van der Waals surface area (Å²) in [6.45, 7) is 1.38. The summed E-state index contributed by atoms with van der Waals surface area (Å²) in [6.07, 6.45) is 0.214. The van der Waals surface area contributed by atoms with E-state index in [1.54, 1.807) is 0 Å². The van der Waals surface area contributed by atoms with Crippen LogP contribution in [0, 0.1) is 0 Å². The van der Waals surface area contributed by atoms with Gasteiger partial charge in [0, 0.05) is 19.5 Å². The van der Waals surface area contributed by atoms with Gasteiger partial charge in [0.15, 0.2) is 0 Å². The first-order chi connectivity index (χ1) is 13.2. The number of sulfonamides is 1. The molecule has 0 aromatic heterocycles. The van der Waals surface area contributed by atoms with Crippen LogP contribution in [0.2, 0.25) is 0 Å². The Morgan fingerprint density at radius 2 is 1.86 bits per heavy atom. The van der Waals surface area contributed by atoms with Gasteiger partial charge in [-0.05, 0) is 29.7 Å². The molecule has 9 heteroatoms. The quantitative estimate of drug-likeness (QED) is 0.779. The number of carbonyl (C=O) groups is 2. The SMILES string of the molecule is COc1cc(S(=O)(=O)N2Cc3ccccc3CC2C(N)=O)ccc1NC(C)=O. The van der Waals surface area contributed by atoms with Gasteiger partial charge in [0.05, 0.1) is 17.7 Å². The zero-order chi connectivity index (χ0) is 20.5. The highest BCUT2D eigenvalue weighted by Gasteiger charge is 2.38. The molecule has 1 unspecified atom stereocenters. The number of methoxy groups -OCH3 is 1. The predicted octanol–water partition coefficient (Wildman–Crippen LogP) is 1.25. The lowest BCUT2D eigenvalue weighted by Crippen LogP contribution is -2.51. The smallest absolute Gasteiger partial charge is 0.244 e. The second kappa shape index (κ2) is 7.61. The summed E-state index contributed by atoms with van der Waals surface area (Å²) in [7, 11) is -2.66. The highest BCUT2D eigenvalue weighted by Crippen LogP contribution is 2.33. The summed E-state index contributed by atoms with van der Waals surface area (Å²) in [5.41, 5.74) is 7.58. The lowest BCUT2D eigenvalue weighted by atomic mass is 9.96. The van der Waals surface area contributed by atoms with E-state index in [2.05, 4.69) is 5.32 Å². The molecule has 2 amide bonds. The summed E-state index contributed by atoms with van der Waals surface area (Å²) < 4.78 is 32.9. The Hall–Kier alpha value is -2.91. The van der Waals surface area contributed by atoms with E-state index in [1.165, 1.54) is 32.2 Å². The van der Waals surface area contributed by atoms with Crippen LogP contribution in [0.25, 0.3) is 0 Å². The second-order valence-corrected chi connectivity index (χ2v) is 8.38. The van der Waals surface area contributed by atoms with Crippen LogP contribution in [-0.2, 0) is 32.6 Å². The average molecular weight is 403 g/mol. The lowest BCUT2D eigenvalue weighted by Gasteiger charge is -2.34. The first-order valence-corrected chi connectivity index (χ1v) is 10.0. The molecule has 0 fully saturated rings. The zero-order valence-electron chi connectivity index (χ0n) is 15.5. The van der Waals surface area contributed by atoms with Crippen molar-refractivity contribution in [2.75, 3.05) is 12.4 Å². The van der Waals surface area contributed by atoms with Crippen LogP contribution in [0.15, 0.2) is 47.4 Å². The lowest BCUT2D eigenvalue weighted by molar-refractivity contribution is -0.122. The molecule has 2 aromatic carbocycles. The third-order valence-corrected chi connectivity index (χ3v) is 6.47. The van der Waals surface area contributed by atoms with Gasteiger partial charge in [-0.15, -0.1) is 0 Å². The number of ether oxygens (including phenoxy) is 1. The summed E-state index contributed by atoms with van der Waals surface area (Å²) >= 11 is 0. The molecular formula is C19H21N3O5S. The number of nitrogens with zero attached hydrogens (tertiary/aromatic N) is 1. The Bertz CT molecular complexity index is 1040. The van der Waals surface area contributed by atoms with Crippen LogP contribution in [0.4, 0.5) is 5.69 Å². The van der Waals surface area contributed by atoms with E-state index in [9.17, 15) is 18.0 Å². The summed E-state index contributed by atoms with van der Waals surface area (Å²) in [5, 5.41) is 2.58. The standard InChI is InChI=1S/C19H21N3O5S/c1-12(23)21-16-8-7-15(10-18(16)27-2)28(25,26)22-11-14-6-4-3-5-13(14)9-17(22)19(20)24/h3-8,10,17H,9,11H2,1-2H3,(H2,20,24)(H,21,23). The van der Waals surface area contributed by atoms with Crippen molar-refractivity contribution in [1.82, 2.24) is 4.31 Å². The van der Waals surface area contributed by atoms with Gasteiger partial charge in [-0.1, -0.05) is 24.3 Å². The summed E-state index contributed by atoms with van der Waals surface area (Å²) in [4.78, 5) is 23.2. The van der Waals surface area contributed by atoms with Gasteiger partial charge in [0.1, 0.15) is 11.8 Å². The van der Waals surface area contributed by atoms with Crippen molar-refractivity contribution < 1.29 is 22.7 Å². The number of anilines is 1. The first-order valence-electron chi connectivity index (χ1n) is 8.57. The number of nitrogens with one attached hydrogen (secondary N) is 1. The molecule has 1 aliphatic rings. The van der Waals surface area contributed by atoms with Gasteiger partial charge >= 0.3 is 0 Å². The number of hydrogen-bond acceptors (Lipinski definition) is 5. The molecule has 3 rings (SSSR count). The molecule has 148 valence electrons. The molecule has 0 saturated heterocycles. The van der Waals surface area contributed by atoms with Crippen molar-refractivity contribution in [2.24, 2.45) is 5.73 Å². The minimum Gasteiger partial charge on any atom is -0.495 e. The molecule has 0 spiro atoms. The third-order valence-electron chi connectivity index (χ3n) is 4.62. The van der Waals surface area contributed by atoms with Gasteiger partial charge in [-0.25, -0.2) is 8.42 Å². The number of nitrogens with two attached hydrogens (primary N) is 1. The maximum atomic E-state index is 13.3. The van der Waals surface area contributed by atoms with Gasteiger partial charge in [0.2, 0.25) is 21.8 Å². The number of primary amides is 1. The number of amides is 2. The number of hydrogen-bond donors (Lipinski definition) is 2. The van der Waals surface area contributed by atoms with E-state index in [-0.39, 0.29) is 29.5 Å². The Morgan fingerprint density at radius 1 is 1.18 bits per heavy atom. The number of fused-ring (bicyclic) bond motifs is 1. The van der Waals surface area contributed by atoms with Gasteiger partial charge in [-0.2, -0.15) is 4.31 Å². The molecule has 1 heterocycles. The first kappa shape index (κ1) is 19.8. The second-order valence-electron chi connectivity index (χ2n) is 6.48. The highest BCUT2D eigenvalue weighted by molar-refractivity contribution is 7.89. The van der Waals surface area contributed by atoms with Crippen LogP contribution < -0.4 is 15.8 Å². The highest BCUT2D eigenvalue weighted by atomic mass is 32.2. The van der Waals surface area contributed by atoms with Gasteiger partial charge in [-0.3, -0.25) is 9.59 Å². The fraction of sp³-hybridized carbons (Fsp3) is 0.263. The van der Waals surface area contributed by atoms with Crippen molar-refractivity contribution in [3.63, 3.8) is 0 Å². The molecule has 0 bridgehead atoms. The average Bonchev–Trinajstić information content (AvgIpc) is 2.66. The Morgan fingerprint density at radius 3 is 2.46 bits per heavy atom. The van der Waals surface area contributed by atoms with Crippen molar-refractivity contribution >= 4 is 27.5 Å². The largest absolute Gasteiger partial charge is 0.495 e. The maximum Gasteiger partial charge on any atom is 0.244 e. The molecule has 0 radical (unpaired) electrons. The monoisotopic (exact) mass is 403 g/mol. The van der Waals surface area contributed by atoms with Crippen LogP contribution in [0.5, 0.6) is 5.75 Å². The van der Waals surface area contributed by atoms with Crippen LogP contribution in [0.3, 0.4) is 0 Å². The van der Waals surface area contributed by atoms with Crippen LogP contribution in [-0.4, -0.2) is 37.7 Å². The minimum atomic E-state index is -4.04. The Kier molecular flexibility index (Phi) is 5.39. The van der Waals surface area contributed by atoms with Crippen molar-refractivity contribution in [3.05, 3.63) is 53.6 Å². The van der Waals surface area contributed by atoms with Crippen LogP contribution in [0.1, 0.15) is 18.1 Å². The number of benzene rings is 2. The maximum absolute atomic E-state index is 13.3. The summed E-state index contributed by atoms with van der Waals surface area (Å²) in [5.74, 6) is -0.820. The van der Waals surface area contributed by atoms with E-state index in [0.29, 0.717) is 5.69 Å². The normalized spacial score (nSPS) is 16.9. The fourth-order valence-electron chi connectivity index (χ4n) is 3.25. The van der Waals surface area contributed by atoms with Gasteiger partial charge in [0.25, 0.3) is 0 Å². The Labute approximate surface area is 163 Å². The van der Waals surface area contributed by atoms with Crippen molar-refractivity contribution in [2.45, 2.75) is 30.8 Å². The molecule has 3 N–H and O–H groups in total.